The van der Waals surface area contributed by atoms with Crippen LogP contribution in [0.1, 0.15) is 5.56 Å². The van der Waals surface area contributed by atoms with Gasteiger partial charge in [0.15, 0.2) is 17.2 Å². The van der Waals surface area contributed by atoms with Gasteiger partial charge in [0.25, 0.3) is 0 Å². The van der Waals surface area contributed by atoms with E-state index in [1.807, 2.05) is 48.5 Å². The van der Waals surface area contributed by atoms with E-state index in [1.54, 1.807) is 7.11 Å². The number of phenols is 1. The zero-order valence-electron chi connectivity index (χ0n) is 13.3. The maximum atomic E-state index is 11.0. The summed E-state index contributed by atoms with van der Waals surface area (Å²) in [5.74, 6) is 2.29. The highest BCUT2D eigenvalue weighted by atomic mass is 16.7. The van der Waals surface area contributed by atoms with E-state index >= 15 is 0 Å². The van der Waals surface area contributed by atoms with E-state index in [0.717, 1.165) is 38.9 Å². The highest BCUT2D eigenvalue weighted by molar-refractivity contribution is 6.24. The molecule has 5 rings (SSSR count). The zero-order valence-corrected chi connectivity index (χ0v) is 13.3. The summed E-state index contributed by atoms with van der Waals surface area (Å²) in [4.78, 5) is 1.92. The highest BCUT2D eigenvalue weighted by Crippen LogP contribution is 2.54. The number of benzene rings is 3. The van der Waals surface area contributed by atoms with E-state index in [9.17, 15) is 5.11 Å². The van der Waals surface area contributed by atoms with Crippen molar-refractivity contribution >= 4 is 33.3 Å². The number of hydrogen-bond acceptors (Lipinski definition) is 5. The van der Waals surface area contributed by atoms with Crippen molar-refractivity contribution in [2.75, 3.05) is 25.9 Å². The summed E-state index contributed by atoms with van der Waals surface area (Å²) < 4.78 is 16.9. The second-order valence-electron chi connectivity index (χ2n) is 5.96. The van der Waals surface area contributed by atoms with Crippen molar-refractivity contribution in [2.24, 2.45) is 0 Å². The van der Waals surface area contributed by atoms with Gasteiger partial charge in [0.1, 0.15) is 5.75 Å². The molecule has 0 aliphatic carbocycles. The van der Waals surface area contributed by atoms with Crippen LogP contribution in [0.3, 0.4) is 0 Å². The number of aromatic hydroxyl groups is 1. The van der Waals surface area contributed by atoms with Gasteiger partial charge in [-0.3, -0.25) is 0 Å². The SMILES string of the molecule is COc1cccc2c1c(O)c1c3c(cc4c(c32)OCO4)C=CN1C. The van der Waals surface area contributed by atoms with E-state index in [0.29, 0.717) is 11.1 Å². The molecule has 0 saturated carbocycles. The van der Waals surface area contributed by atoms with Crippen molar-refractivity contribution in [3.8, 4) is 23.0 Å². The first kappa shape index (κ1) is 13.4. The number of methoxy groups -OCH3 is 1. The molecule has 0 fully saturated rings. The highest BCUT2D eigenvalue weighted by Gasteiger charge is 2.28. The van der Waals surface area contributed by atoms with Gasteiger partial charge in [-0.15, -0.1) is 0 Å². The molecule has 0 unspecified atom stereocenters. The quantitative estimate of drug-likeness (QED) is 0.690. The van der Waals surface area contributed by atoms with Crippen molar-refractivity contribution in [1.82, 2.24) is 0 Å². The Morgan fingerprint density at radius 3 is 2.88 bits per heavy atom. The molecule has 0 radical (unpaired) electrons. The Morgan fingerprint density at radius 1 is 1.17 bits per heavy atom. The van der Waals surface area contributed by atoms with Gasteiger partial charge >= 0.3 is 0 Å². The third-order valence-electron chi connectivity index (χ3n) is 4.74. The molecule has 2 heterocycles. The summed E-state index contributed by atoms with van der Waals surface area (Å²) in [6.45, 7) is 0.203. The van der Waals surface area contributed by atoms with Crippen LogP contribution in [0.4, 0.5) is 5.69 Å². The third kappa shape index (κ3) is 1.49. The zero-order chi connectivity index (χ0) is 16.4. The van der Waals surface area contributed by atoms with Gasteiger partial charge in [-0.25, -0.2) is 0 Å². The molecular formula is C19H15NO4. The molecular weight excluding hydrogens is 306 g/mol. The second kappa shape index (κ2) is 4.47. The molecule has 1 N–H and O–H groups in total. The largest absolute Gasteiger partial charge is 0.505 e. The summed E-state index contributed by atoms with van der Waals surface area (Å²) in [6, 6.07) is 7.70. The van der Waals surface area contributed by atoms with Crippen LogP contribution in [0.25, 0.3) is 27.6 Å². The fourth-order valence-electron chi connectivity index (χ4n) is 3.71. The standard InChI is InChI=1S/C19H15NO4/c1-20-7-6-10-8-13-19(24-9-23-13)16-11-4-3-5-12(22-2)15(11)18(21)17(20)14(10)16/h3-8,21H,9H2,1-2H3. The van der Waals surface area contributed by atoms with Crippen LogP contribution in [-0.4, -0.2) is 26.1 Å². The Hall–Kier alpha value is -3.08. The summed E-state index contributed by atoms with van der Waals surface area (Å²) >= 11 is 0. The predicted octanol–water partition coefficient (Wildman–Crippen LogP) is 3.86. The van der Waals surface area contributed by atoms with Crippen LogP contribution < -0.4 is 19.1 Å². The maximum Gasteiger partial charge on any atom is 0.231 e. The number of phenolic OH excluding ortho intramolecular Hbond substituents is 1. The van der Waals surface area contributed by atoms with Crippen molar-refractivity contribution < 1.29 is 19.3 Å². The molecule has 0 saturated heterocycles. The van der Waals surface area contributed by atoms with Crippen LogP contribution >= 0.6 is 0 Å². The molecule has 3 aromatic carbocycles. The average Bonchev–Trinajstić information content (AvgIpc) is 3.06. The molecule has 2 aliphatic heterocycles. The normalized spacial score (nSPS) is 14.7. The number of anilines is 1. The lowest BCUT2D eigenvalue weighted by atomic mass is 9.92. The molecule has 5 nitrogen and oxygen atoms in total. The minimum atomic E-state index is 0.203. The smallest absolute Gasteiger partial charge is 0.231 e. The van der Waals surface area contributed by atoms with Crippen molar-refractivity contribution in [3.63, 3.8) is 0 Å². The lowest BCUT2D eigenvalue weighted by Crippen LogP contribution is -2.12. The van der Waals surface area contributed by atoms with E-state index < -0.39 is 0 Å². The number of ether oxygens (including phenoxy) is 3. The number of nitrogens with zero attached hydrogens (tertiary/aromatic N) is 1. The van der Waals surface area contributed by atoms with E-state index in [-0.39, 0.29) is 12.5 Å². The second-order valence-corrected chi connectivity index (χ2v) is 5.96. The molecule has 2 aliphatic rings. The number of rotatable bonds is 1. The van der Waals surface area contributed by atoms with Crippen molar-refractivity contribution in [1.29, 1.82) is 0 Å². The molecule has 0 spiro atoms. The molecule has 0 bridgehead atoms. The van der Waals surface area contributed by atoms with Gasteiger partial charge in [0.2, 0.25) is 6.79 Å². The number of hydrogen-bond donors (Lipinski definition) is 1. The van der Waals surface area contributed by atoms with E-state index in [2.05, 4.69) is 0 Å². The van der Waals surface area contributed by atoms with Crippen molar-refractivity contribution in [3.05, 3.63) is 36.0 Å². The van der Waals surface area contributed by atoms with Crippen LogP contribution in [-0.2, 0) is 0 Å². The molecule has 0 atom stereocenters. The van der Waals surface area contributed by atoms with Gasteiger partial charge in [-0.1, -0.05) is 12.1 Å². The molecule has 5 heteroatoms. The first-order valence-electron chi connectivity index (χ1n) is 7.69. The summed E-state index contributed by atoms with van der Waals surface area (Å²) in [7, 11) is 3.52. The summed E-state index contributed by atoms with van der Waals surface area (Å²) in [5, 5.41) is 14.5. The molecule has 3 aromatic rings. The lowest BCUT2D eigenvalue weighted by molar-refractivity contribution is 0.175. The molecule has 0 aromatic heterocycles. The first-order chi connectivity index (χ1) is 11.7. The van der Waals surface area contributed by atoms with Gasteiger partial charge in [0, 0.05) is 29.4 Å². The van der Waals surface area contributed by atoms with E-state index in [4.69, 9.17) is 14.2 Å². The fourth-order valence-corrected chi connectivity index (χ4v) is 3.71. The predicted molar refractivity (Wildman–Crippen MR) is 93.2 cm³/mol. The Balaban J connectivity index is 2.12. The Kier molecular flexibility index (Phi) is 2.49. The van der Waals surface area contributed by atoms with E-state index in [1.165, 1.54) is 0 Å². The van der Waals surface area contributed by atoms with Crippen LogP contribution in [0.15, 0.2) is 30.5 Å². The maximum absolute atomic E-state index is 11.0. The fraction of sp³-hybridized carbons (Fsp3) is 0.158. The van der Waals surface area contributed by atoms with Crippen LogP contribution in [0.2, 0.25) is 0 Å². The van der Waals surface area contributed by atoms with Gasteiger partial charge in [-0.05, 0) is 23.8 Å². The summed E-state index contributed by atoms with van der Waals surface area (Å²) in [5.41, 5.74) is 1.75. The topological polar surface area (TPSA) is 51.2 Å². The third-order valence-corrected chi connectivity index (χ3v) is 4.74. The minimum absolute atomic E-state index is 0.203. The Labute approximate surface area is 138 Å². The average molecular weight is 321 g/mol. The lowest BCUT2D eigenvalue weighted by Gasteiger charge is -2.26. The molecule has 120 valence electrons. The van der Waals surface area contributed by atoms with Gasteiger partial charge < -0.3 is 24.2 Å². The number of fused-ring (bicyclic) bond motifs is 4. The Morgan fingerprint density at radius 2 is 2.04 bits per heavy atom. The first-order valence-corrected chi connectivity index (χ1v) is 7.69. The van der Waals surface area contributed by atoms with Crippen molar-refractivity contribution in [2.45, 2.75) is 0 Å². The molecule has 24 heavy (non-hydrogen) atoms. The van der Waals surface area contributed by atoms with Crippen LogP contribution in [0.5, 0.6) is 23.0 Å². The summed E-state index contributed by atoms with van der Waals surface area (Å²) in [6.07, 6.45) is 3.95. The molecule has 0 amide bonds. The van der Waals surface area contributed by atoms with Crippen LogP contribution in [0, 0.1) is 0 Å². The monoisotopic (exact) mass is 321 g/mol. The van der Waals surface area contributed by atoms with Gasteiger partial charge in [0.05, 0.1) is 18.2 Å². The van der Waals surface area contributed by atoms with Gasteiger partial charge in [-0.2, -0.15) is 0 Å². The Bertz CT molecular complexity index is 1050. The minimum Gasteiger partial charge on any atom is -0.505 e.